The normalized spacial score (nSPS) is 11.9. The first-order valence-electron chi connectivity index (χ1n) is 4.57. The maximum absolute atomic E-state index is 11.9. The molecule has 16 heavy (non-hydrogen) atoms. The average molecular weight is 262 g/mol. The lowest BCUT2D eigenvalue weighted by atomic mass is 10.4. The highest BCUT2D eigenvalue weighted by Crippen LogP contribution is 2.12. The Balaban J connectivity index is 2.82. The first kappa shape index (κ1) is 13.1. The lowest BCUT2D eigenvalue weighted by molar-refractivity contribution is 0.478. The Morgan fingerprint density at radius 2 is 2.31 bits per heavy atom. The lowest BCUT2D eigenvalue weighted by Crippen LogP contribution is -2.30. The highest BCUT2D eigenvalue weighted by Gasteiger charge is 2.21. The van der Waals surface area contributed by atoms with Gasteiger partial charge in [0, 0.05) is 33.3 Å². The van der Waals surface area contributed by atoms with Crippen molar-refractivity contribution in [2.24, 2.45) is 12.8 Å². The summed E-state index contributed by atoms with van der Waals surface area (Å²) < 4.78 is 26.5. The lowest BCUT2D eigenvalue weighted by Gasteiger charge is -2.15. The van der Waals surface area contributed by atoms with Crippen molar-refractivity contribution in [1.82, 2.24) is 14.1 Å². The molecular weight excluding hydrogens is 248 g/mol. The van der Waals surface area contributed by atoms with Gasteiger partial charge in [0.25, 0.3) is 0 Å². The number of nitrogens with two attached hydrogens (primary N) is 1. The molecule has 0 aliphatic carbocycles. The van der Waals surface area contributed by atoms with E-state index >= 15 is 0 Å². The molecule has 0 atom stereocenters. The molecule has 1 aromatic rings. The first-order chi connectivity index (χ1) is 7.34. The Kier molecular flexibility index (Phi) is 4.00. The van der Waals surface area contributed by atoms with Crippen LogP contribution in [-0.2, 0) is 17.1 Å². The molecule has 1 rings (SSSR count). The zero-order chi connectivity index (χ0) is 12.3. The zero-order valence-corrected chi connectivity index (χ0v) is 10.8. The minimum absolute atomic E-state index is 0.167. The molecule has 0 aliphatic rings. The van der Waals surface area contributed by atoms with Crippen LogP contribution in [-0.4, -0.2) is 41.1 Å². The first-order valence-corrected chi connectivity index (χ1v) is 6.42. The zero-order valence-electron chi connectivity index (χ0n) is 9.12. The van der Waals surface area contributed by atoms with E-state index in [-0.39, 0.29) is 11.4 Å². The minimum atomic E-state index is -3.48. The highest BCUT2D eigenvalue weighted by atomic mass is 32.2. The third-order valence-corrected chi connectivity index (χ3v) is 4.08. The van der Waals surface area contributed by atoms with Crippen molar-refractivity contribution in [2.45, 2.75) is 11.3 Å². The molecule has 0 aromatic carbocycles. The van der Waals surface area contributed by atoms with Crippen LogP contribution in [0.15, 0.2) is 17.3 Å². The van der Waals surface area contributed by atoms with Crippen LogP contribution in [0.5, 0.6) is 0 Å². The second-order valence-electron chi connectivity index (χ2n) is 3.39. The summed E-state index contributed by atoms with van der Waals surface area (Å²) in [7, 11) is -0.332. The maximum atomic E-state index is 11.9. The van der Waals surface area contributed by atoms with E-state index in [1.54, 1.807) is 7.05 Å². The number of sulfonamides is 1. The van der Waals surface area contributed by atoms with E-state index in [1.807, 2.05) is 0 Å². The van der Waals surface area contributed by atoms with Crippen molar-refractivity contribution in [3.8, 4) is 0 Å². The molecule has 90 valence electrons. The van der Waals surface area contributed by atoms with E-state index in [2.05, 4.69) is 5.10 Å². The molecule has 0 fully saturated rings. The summed E-state index contributed by atoms with van der Waals surface area (Å²) in [5, 5.41) is 3.82. The van der Waals surface area contributed by atoms with Gasteiger partial charge in [0.05, 0.1) is 11.2 Å². The molecule has 0 saturated carbocycles. The van der Waals surface area contributed by atoms with Crippen LogP contribution >= 0.6 is 12.2 Å². The van der Waals surface area contributed by atoms with Gasteiger partial charge in [-0.1, -0.05) is 12.2 Å². The molecule has 6 nitrogen and oxygen atoms in total. The van der Waals surface area contributed by atoms with Crippen molar-refractivity contribution in [3.63, 3.8) is 0 Å². The van der Waals surface area contributed by atoms with Crippen LogP contribution < -0.4 is 5.73 Å². The van der Waals surface area contributed by atoms with Gasteiger partial charge in [-0.15, -0.1) is 0 Å². The van der Waals surface area contributed by atoms with E-state index in [0.717, 1.165) is 0 Å². The third kappa shape index (κ3) is 3.00. The van der Waals surface area contributed by atoms with Crippen molar-refractivity contribution in [2.75, 3.05) is 13.6 Å². The molecule has 0 amide bonds. The second-order valence-corrected chi connectivity index (χ2v) is 5.96. The van der Waals surface area contributed by atoms with Crippen LogP contribution in [0.2, 0.25) is 0 Å². The van der Waals surface area contributed by atoms with Gasteiger partial charge < -0.3 is 5.73 Å². The van der Waals surface area contributed by atoms with E-state index in [9.17, 15) is 8.42 Å². The van der Waals surface area contributed by atoms with Gasteiger partial charge in [0.15, 0.2) is 0 Å². The summed E-state index contributed by atoms with van der Waals surface area (Å²) >= 11 is 4.70. The number of nitrogens with zero attached hydrogens (tertiary/aromatic N) is 3. The minimum Gasteiger partial charge on any atom is -0.393 e. The average Bonchev–Trinajstić information content (AvgIpc) is 2.61. The molecule has 0 spiro atoms. The van der Waals surface area contributed by atoms with Crippen LogP contribution in [0.1, 0.15) is 6.42 Å². The van der Waals surface area contributed by atoms with Crippen molar-refractivity contribution in [3.05, 3.63) is 12.4 Å². The fourth-order valence-corrected chi connectivity index (χ4v) is 2.35. The highest BCUT2D eigenvalue weighted by molar-refractivity contribution is 7.89. The Morgan fingerprint density at radius 3 is 2.75 bits per heavy atom. The Bertz CT molecular complexity index is 480. The number of hydrogen-bond donors (Lipinski definition) is 1. The molecule has 1 heterocycles. The second kappa shape index (κ2) is 4.89. The van der Waals surface area contributed by atoms with Gasteiger partial charge in [0.1, 0.15) is 4.90 Å². The van der Waals surface area contributed by atoms with Gasteiger partial charge in [-0.25, -0.2) is 12.7 Å². The molecule has 0 bridgehead atoms. The fraction of sp³-hybridized carbons (Fsp3) is 0.500. The summed E-state index contributed by atoms with van der Waals surface area (Å²) in [6.07, 6.45) is 3.13. The van der Waals surface area contributed by atoms with E-state index in [0.29, 0.717) is 11.4 Å². The molecule has 8 heteroatoms. The number of aromatic nitrogens is 2. The van der Waals surface area contributed by atoms with Crippen LogP contribution in [0.4, 0.5) is 0 Å². The smallest absolute Gasteiger partial charge is 0.245 e. The predicted molar refractivity (Wildman–Crippen MR) is 64.4 cm³/mol. The molecule has 0 aliphatic heterocycles. The van der Waals surface area contributed by atoms with Crippen LogP contribution in [0.25, 0.3) is 0 Å². The van der Waals surface area contributed by atoms with Gasteiger partial charge >= 0.3 is 0 Å². The summed E-state index contributed by atoms with van der Waals surface area (Å²) in [4.78, 5) is 0.466. The SMILES string of the molecule is CN(CCC(N)=S)S(=O)(=O)c1cnn(C)c1. The molecule has 0 saturated heterocycles. The van der Waals surface area contributed by atoms with Gasteiger partial charge in [-0.3, -0.25) is 4.68 Å². The van der Waals surface area contributed by atoms with E-state index in [4.69, 9.17) is 18.0 Å². The van der Waals surface area contributed by atoms with Gasteiger partial charge in [-0.2, -0.15) is 5.10 Å². The Hall–Kier alpha value is -0.990. The van der Waals surface area contributed by atoms with Crippen LogP contribution in [0, 0.1) is 0 Å². The van der Waals surface area contributed by atoms with Gasteiger partial charge in [-0.05, 0) is 0 Å². The van der Waals surface area contributed by atoms with Crippen molar-refractivity contribution < 1.29 is 8.42 Å². The molecule has 2 N–H and O–H groups in total. The van der Waals surface area contributed by atoms with Crippen molar-refractivity contribution >= 4 is 27.2 Å². The Labute approximate surface area is 100 Å². The predicted octanol–water partition coefficient (Wildman–Crippen LogP) is -0.283. The van der Waals surface area contributed by atoms with Crippen molar-refractivity contribution in [1.29, 1.82) is 0 Å². The van der Waals surface area contributed by atoms with Crippen LogP contribution in [0.3, 0.4) is 0 Å². The molecule has 1 aromatic heterocycles. The monoisotopic (exact) mass is 262 g/mol. The number of rotatable bonds is 5. The summed E-state index contributed by atoms with van der Waals surface area (Å²) in [5.41, 5.74) is 5.32. The van der Waals surface area contributed by atoms with E-state index < -0.39 is 10.0 Å². The summed E-state index contributed by atoms with van der Waals surface area (Å²) in [6.45, 7) is 0.270. The number of hydrogen-bond acceptors (Lipinski definition) is 4. The Morgan fingerprint density at radius 1 is 1.69 bits per heavy atom. The largest absolute Gasteiger partial charge is 0.393 e. The third-order valence-electron chi connectivity index (χ3n) is 2.06. The summed E-state index contributed by atoms with van der Waals surface area (Å²) in [6, 6.07) is 0. The fourth-order valence-electron chi connectivity index (χ4n) is 1.10. The standard InChI is InChI=1S/C8H14N4O2S2/c1-11-6-7(5-10-11)16(13,14)12(2)4-3-8(9)15/h5-6H,3-4H2,1-2H3,(H2,9,15). The molecule has 0 radical (unpaired) electrons. The molecular formula is C8H14N4O2S2. The number of thiocarbonyl (C=S) groups is 1. The molecule has 0 unspecified atom stereocenters. The topological polar surface area (TPSA) is 81.2 Å². The quantitative estimate of drug-likeness (QED) is 0.738. The van der Waals surface area contributed by atoms with E-state index in [1.165, 1.54) is 28.4 Å². The number of aryl methyl sites for hydroxylation is 1. The summed E-state index contributed by atoms with van der Waals surface area (Å²) in [5.74, 6) is 0. The van der Waals surface area contributed by atoms with Gasteiger partial charge in [0.2, 0.25) is 10.0 Å². The maximum Gasteiger partial charge on any atom is 0.245 e.